The van der Waals surface area contributed by atoms with E-state index in [9.17, 15) is 9.18 Å². The molecule has 0 saturated carbocycles. The second-order valence-corrected chi connectivity index (χ2v) is 6.72. The van der Waals surface area contributed by atoms with E-state index in [2.05, 4.69) is 5.10 Å². The fourth-order valence-corrected chi connectivity index (χ4v) is 2.27. The molecule has 6 nitrogen and oxygen atoms in total. The van der Waals surface area contributed by atoms with Crippen molar-refractivity contribution in [3.8, 4) is 11.3 Å². The van der Waals surface area contributed by atoms with Crippen LogP contribution >= 0.6 is 0 Å². The van der Waals surface area contributed by atoms with E-state index in [1.807, 2.05) is 0 Å². The zero-order valence-electron chi connectivity index (χ0n) is 14.6. The molecule has 0 bridgehead atoms. The number of nitrogen functional groups attached to an aromatic ring is 1. The van der Waals surface area contributed by atoms with E-state index in [1.54, 1.807) is 57.9 Å². The van der Waals surface area contributed by atoms with E-state index in [0.29, 0.717) is 16.8 Å². The Morgan fingerprint density at radius 1 is 1.42 bits per heavy atom. The molecule has 0 aliphatic rings. The number of carbonyl (C=O) groups excluding carboxylic acids is 1. The highest BCUT2D eigenvalue weighted by molar-refractivity contribution is 5.70. The van der Waals surface area contributed by atoms with E-state index >= 15 is 0 Å². The summed E-state index contributed by atoms with van der Waals surface area (Å²) in [4.78, 5) is 13.5. The highest BCUT2D eigenvalue weighted by Gasteiger charge is 2.22. The number of carbonyl (C=O) groups is 1. The van der Waals surface area contributed by atoms with Crippen molar-refractivity contribution in [3.05, 3.63) is 35.8 Å². The number of nitrogens with two attached hydrogens (primary N) is 1. The molecule has 2 N–H and O–H groups in total. The minimum absolute atomic E-state index is 0.0598. The Kier molecular flexibility index (Phi) is 4.82. The number of aromatic nitrogens is 2. The van der Waals surface area contributed by atoms with Crippen LogP contribution < -0.4 is 5.73 Å². The van der Waals surface area contributed by atoms with Gasteiger partial charge in [-0.2, -0.15) is 5.10 Å². The van der Waals surface area contributed by atoms with E-state index in [1.165, 1.54) is 11.0 Å². The molecule has 0 unspecified atom stereocenters. The lowest BCUT2D eigenvalue weighted by molar-refractivity contribution is 0.0285. The molecule has 0 spiro atoms. The van der Waals surface area contributed by atoms with Crippen LogP contribution in [0.5, 0.6) is 0 Å². The number of rotatable bonds is 3. The van der Waals surface area contributed by atoms with Crippen molar-refractivity contribution in [3.63, 3.8) is 0 Å². The summed E-state index contributed by atoms with van der Waals surface area (Å²) in [5.74, 6) is -0.516. The van der Waals surface area contributed by atoms with Gasteiger partial charge in [0.15, 0.2) is 5.82 Å². The van der Waals surface area contributed by atoms with Gasteiger partial charge in [-0.3, -0.25) is 4.68 Å². The number of ether oxygens (including phenoxy) is 1. The summed E-state index contributed by atoms with van der Waals surface area (Å²) in [5, 5.41) is 4.31. The van der Waals surface area contributed by atoms with Gasteiger partial charge in [0, 0.05) is 31.4 Å². The summed E-state index contributed by atoms with van der Waals surface area (Å²) < 4.78 is 21.2. The zero-order valence-corrected chi connectivity index (χ0v) is 14.6. The lowest BCUT2D eigenvalue weighted by Gasteiger charge is -2.24. The lowest BCUT2D eigenvalue weighted by Crippen LogP contribution is -2.33. The van der Waals surface area contributed by atoms with Crippen molar-refractivity contribution in [1.82, 2.24) is 14.7 Å². The van der Waals surface area contributed by atoms with Gasteiger partial charge in [0.2, 0.25) is 0 Å². The number of anilines is 1. The second-order valence-electron chi connectivity index (χ2n) is 6.72. The predicted molar refractivity (Wildman–Crippen MR) is 90.7 cm³/mol. The summed E-state index contributed by atoms with van der Waals surface area (Å²) in [5.41, 5.74) is 6.59. The van der Waals surface area contributed by atoms with Gasteiger partial charge in [-0.25, -0.2) is 9.18 Å². The quantitative estimate of drug-likeness (QED) is 0.875. The number of benzene rings is 1. The Balaban J connectivity index is 2.30. The number of hydrogen-bond donors (Lipinski definition) is 1. The Labute approximate surface area is 141 Å². The fourth-order valence-electron chi connectivity index (χ4n) is 2.27. The first kappa shape index (κ1) is 17.8. The van der Waals surface area contributed by atoms with Crippen molar-refractivity contribution in [2.24, 2.45) is 7.05 Å². The third-order valence-electron chi connectivity index (χ3n) is 3.30. The van der Waals surface area contributed by atoms with Crippen LogP contribution in [0.4, 0.5) is 14.9 Å². The van der Waals surface area contributed by atoms with Crippen LogP contribution in [0, 0.1) is 5.82 Å². The highest BCUT2D eigenvalue weighted by atomic mass is 19.1. The van der Waals surface area contributed by atoms with Gasteiger partial charge in [0.1, 0.15) is 11.3 Å². The molecular weight excluding hydrogens is 311 g/mol. The SMILES string of the molecule is CN(Cc1cn(C)nc1-c1cccc(N)c1F)C(=O)OC(C)(C)C. The molecule has 7 heteroatoms. The smallest absolute Gasteiger partial charge is 0.410 e. The topological polar surface area (TPSA) is 73.4 Å². The molecule has 0 aliphatic carbocycles. The molecule has 1 aromatic carbocycles. The molecule has 0 aliphatic heterocycles. The maximum Gasteiger partial charge on any atom is 0.410 e. The van der Waals surface area contributed by atoms with Crippen molar-refractivity contribution in [2.45, 2.75) is 32.9 Å². The van der Waals surface area contributed by atoms with Gasteiger partial charge < -0.3 is 15.4 Å². The first-order chi connectivity index (χ1) is 11.1. The molecule has 130 valence electrons. The van der Waals surface area contributed by atoms with Crippen molar-refractivity contribution in [2.75, 3.05) is 12.8 Å². The molecule has 0 saturated heterocycles. The van der Waals surface area contributed by atoms with Gasteiger partial charge >= 0.3 is 6.09 Å². The summed E-state index contributed by atoms with van der Waals surface area (Å²) in [7, 11) is 3.37. The van der Waals surface area contributed by atoms with Gasteiger partial charge in [0.25, 0.3) is 0 Å². The fraction of sp³-hybridized carbons (Fsp3) is 0.412. The Hall–Kier alpha value is -2.57. The van der Waals surface area contributed by atoms with Gasteiger partial charge in [0.05, 0.1) is 12.2 Å². The van der Waals surface area contributed by atoms with E-state index in [-0.39, 0.29) is 12.2 Å². The number of nitrogens with zero attached hydrogens (tertiary/aromatic N) is 3. The maximum atomic E-state index is 14.3. The van der Waals surface area contributed by atoms with Gasteiger partial charge in [-0.15, -0.1) is 0 Å². The molecule has 1 amide bonds. The average molecular weight is 334 g/mol. The zero-order chi connectivity index (χ0) is 18.1. The van der Waals surface area contributed by atoms with E-state index in [0.717, 1.165) is 0 Å². The second kappa shape index (κ2) is 6.51. The van der Waals surface area contributed by atoms with Crippen LogP contribution in [-0.4, -0.2) is 33.4 Å². The largest absolute Gasteiger partial charge is 0.444 e. The molecule has 24 heavy (non-hydrogen) atoms. The number of halogens is 1. The average Bonchev–Trinajstić information content (AvgIpc) is 2.80. The first-order valence-corrected chi connectivity index (χ1v) is 7.59. The number of amides is 1. The molecule has 0 radical (unpaired) electrons. The third-order valence-corrected chi connectivity index (χ3v) is 3.30. The molecule has 1 aromatic heterocycles. The van der Waals surface area contributed by atoms with Gasteiger partial charge in [-0.1, -0.05) is 6.07 Å². The highest BCUT2D eigenvalue weighted by Crippen LogP contribution is 2.28. The molecule has 2 aromatic rings. The number of aryl methyl sites for hydroxylation is 1. The van der Waals surface area contributed by atoms with Crippen LogP contribution in [0.1, 0.15) is 26.3 Å². The molecule has 0 atom stereocenters. The van der Waals surface area contributed by atoms with E-state index < -0.39 is 17.5 Å². The van der Waals surface area contributed by atoms with Gasteiger partial charge in [-0.05, 0) is 32.9 Å². The first-order valence-electron chi connectivity index (χ1n) is 7.59. The third kappa shape index (κ3) is 4.04. The van der Waals surface area contributed by atoms with Crippen LogP contribution in [-0.2, 0) is 18.3 Å². The van der Waals surface area contributed by atoms with Crippen LogP contribution in [0.2, 0.25) is 0 Å². The summed E-state index contributed by atoms with van der Waals surface area (Å²) in [6.07, 6.45) is 1.30. The molecule has 0 fully saturated rings. The molecule has 2 rings (SSSR count). The predicted octanol–water partition coefficient (Wildman–Crippen LogP) is 3.18. The maximum absolute atomic E-state index is 14.3. The minimum atomic E-state index is -0.580. The molecular formula is C17H23FN4O2. The Morgan fingerprint density at radius 3 is 2.71 bits per heavy atom. The van der Waals surface area contributed by atoms with Crippen molar-refractivity contribution in [1.29, 1.82) is 0 Å². The molecule has 1 heterocycles. The monoisotopic (exact) mass is 334 g/mol. The lowest BCUT2D eigenvalue weighted by atomic mass is 10.1. The number of hydrogen-bond acceptors (Lipinski definition) is 4. The minimum Gasteiger partial charge on any atom is -0.444 e. The summed E-state index contributed by atoms with van der Waals surface area (Å²) >= 11 is 0. The van der Waals surface area contributed by atoms with E-state index in [4.69, 9.17) is 10.5 Å². The van der Waals surface area contributed by atoms with Crippen LogP contribution in [0.25, 0.3) is 11.3 Å². The summed E-state index contributed by atoms with van der Waals surface area (Å²) in [6.45, 7) is 5.65. The standard InChI is InChI=1S/C17H23FN4O2/c1-17(2,3)24-16(23)21(4)9-11-10-22(5)20-15(11)12-7-6-8-13(19)14(12)18/h6-8,10H,9,19H2,1-5H3. The van der Waals surface area contributed by atoms with Crippen molar-refractivity contribution >= 4 is 11.8 Å². The Bertz CT molecular complexity index is 750. The Morgan fingerprint density at radius 2 is 2.08 bits per heavy atom. The van der Waals surface area contributed by atoms with Crippen LogP contribution in [0.15, 0.2) is 24.4 Å². The normalized spacial score (nSPS) is 11.4. The van der Waals surface area contributed by atoms with Crippen molar-refractivity contribution < 1.29 is 13.9 Å². The summed E-state index contributed by atoms with van der Waals surface area (Å²) in [6, 6.07) is 4.78. The van der Waals surface area contributed by atoms with Crippen LogP contribution in [0.3, 0.4) is 0 Å².